The van der Waals surface area contributed by atoms with Crippen molar-refractivity contribution in [2.75, 3.05) is 21.3 Å². The van der Waals surface area contributed by atoms with Crippen LogP contribution in [0.5, 0.6) is 0 Å². The molecule has 0 bridgehead atoms. The molecule has 0 unspecified atom stereocenters. The largest absolute Gasteiger partial charge is 0.342 e. The number of carbonyl (C=O) groups excluding carboxylic acids is 1. The summed E-state index contributed by atoms with van der Waals surface area (Å²) in [5.74, 6) is -2.04. The number of nitrogens with one attached hydrogen (secondary N) is 4. The maximum absolute atomic E-state index is 14.1. The summed E-state index contributed by atoms with van der Waals surface area (Å²) >= 11 is 0. The number of nitrogens with zero attached hydrogens (tertiary/aromatic N) is 3. The van der Waals surface area contributed by atoms with Gasteiger partial charge in [0.1, 0.15) is 23.5 Å². The van der Waals surface area contributed by atoms with Gasteiger partial charge in [0, 0.05) is 5.69 Å². The molecule has 0 radical (unpaired) electrons. The number of anilines is 6. The Bertz CT molecular complexity index is 1270. The molecule has 4 aromatic rings. The van der Waals surface area contributed by atoms with Crippen molar-refractivity contribution in [1.29, 1.82) is 0 Å². The normalized spacial score (nSPS) is 11.4. The van der Waals surface area contributed by atoms with E-state index >= 15 is 0 Å². The number of hydrogen-bond donors (Lipinski definition) is 4. The molecule has 1 atom stereocenters. The highest BCUT2D eigenvalue weighted by atomic mass is 19.1. The molecular formula is C24H20F3N7O. The van der Waals surface area contributed by atoms with Crippen LogP contribution < -0.4 is 21.3 Å². The number of aromatic nitrogens is 3. The first-order valence-electron chi connectivity index (χ1n) is 10.5. The summed E-state index contributed by atoms with van der Waals surface area (Å²) in [6, 6.07) is 16.3. The van der Waals surface area contributed by atoms with E-state index in [0.29, 0.717) is 5.69 Å². The van der Waals surface area contributed by atoms with Gasteiger partial charge >= 0.3 is 0 Å². The fourth-order valence-corrected chi connectivity index (χ4v) is 2.96. The van der Waals surface area contributed by atoms with Gasteiger partial charge in [-0.3, -0.25) is 4.79 Å². The predicted molar refractivity (Wildman–Crippen MR) is 127 cm³/mol. The summed E-state index contributed by atoms with van der Waals surface area (Å²) in [6.45, 7) is 1.57. The third-order valence-electron chi connectivity index (χ3n) is 4.73. The van der Waals surface area contributed by atoms with Gasteiger partial charge in [-0.25, -0.2) is 13.2 Å². The average molecular weight is 479 g/mol. The number of halogens is 3. The van der Waals surface area contributed by atoms with Gasteiger partial charge < -0.3 is 21.3 Å². The van der Waals surface area contributed by atoms with E-state index in [1.54, 1.807) is 19.1 Å². The Hall–Kier alpha value is -4.67. The molecular weight excluding hydrogens is 459 g/mol. The Labute approximate surface area is 198 Å². The van der Waals surface area contributed by atoms with Crippen molar-refractivity contribution in [2.45, 2.75) is 13.0 Å². The van der Waals surface area contributed by atoms with Crippen LogP contribution >= 0.6 is 0 Å². The molecule has 0 saturated carbocycles. The average Bonchev–Trinajstić information content (AvgIpc) is 2.83. The van der Waals surface area contributed by atoms with Crippen molar-refractivity contribution in [3.05, 3.63) is 90.2 Å². The molecule has 0 aliphatic carbocycles. The van der Waals surface area contributed by atoms with Gasteiger partial charge in [-0.05, 0) is 55.5 Å². The third kappa shape index (κ3) is 6.22. The Kier molecular flexibility index (Phi) is 7.05. The van der Waals surface area contributed by atoms with E-state index in [1.165, 1.54) is 60.7 Å². The fourth-order valence-electron chi connectivity index (χ4n) is 2.96. The topological polar surface area (TPSA) is 104 Å². The summed E-state index contributed by atoms with van der Waals surface area (Å²) < 4.78 is 41.4. The lowest BCUT2D eigenvalue weighted by Gasteiger charge is -2.16. The molecule has 35 heavy (non-hydrogen) atoms. The molecule has 1 amide bonds. The number of hydrogen-bond acceptors (Lipinski definition) is 7. The Morgan fingerprint density at radius 3 is 1.71 bits per heavy atom. The lowest BCUT2D eigenvalue weighted by molar-refractivity contribution is -0.116. The second-order valence-corrected chi connectivity index (χ2v) is 7.38. The monoisotopic (exact) mass is 479 g/mol. The first-order chi connectivity index (χ1) is 16.9. The molecule has 0 saturated heterocycles. The van der Waals surface area contributed by atoms with Crippen LogP contribution in [0.2, 0.25) is 0 Å². The minimum Gasteiger partial charge on any atom is -0.342 e. The standard InChI is InChI=1S/C24H20F3N7O/c1-14(21(35)29-16-12-10-15(25)11-13-16)28-22-32-23(30-19-8-4-2-6-17(19)26)34-24(33-22)31-20-9-5-3-7-18(20)27/h2-14H,1H3,(H,29,35)(H3,28,30,31,32,33,34)/t14-/m1/s1. The fraction of sp³-hybridized carbons (Fsp3) is 0.0833. The first-order valence-corrected chi connectivity index (χ1v) is 10.5. The maximum Gasteiger partial charge on any atom is 0.246 e. The van der Waals surface area contributed by atoms with Crippen molar-refractivity contribution in [2.24, 2.45) is 0 Å². The van der Waals surface area contributed by atoms with Gasteiger partial charge in [0.15, 0.2) is 0 Å². The van der Waals surface area contributed by atoms with Gasteiger partial charge in [-0.2, -0.15) is 15.0 Å². The number of carbonyl (C=O) groups is 1. The summed E-state index contributed by atoms with van der Waals surface area (Å²) in [5.41, 5.74) is 0.636. The smallest absolute Gasteiger partial charge is 0.246 e. The zero-order valence-corrected chi connectivity index (χ0v) is 18.4. The van der Waals surface area contributed by atoms with E-state index in [2.05, 4.69) is 36.2 Å². The van der Waals surface area contributed by atoms with Gasteiger partial charge in [0.2, 0.25) is 23.8 Å². The second kappa shape index (κ2) is 10.5. The SMILES string of the molecule is C[C@@H](Nc1nc(Nc2ccccc2F)nc(Nc2ccccc2F)n1)C(=O)Nc1ccc(F)cc1. The molecule has 8 nitrogen and oxygen atoms in total. The Morgan fingerprint density at radius 2 is 1.20 bits per heavy atom. The molecule has 4 N–H and O–H groups in total. The van der Waals surface area contributed by atoms with Crippen LogP contribution in [0.25, 0.3) is 0 Å². The molecule has 0 aliphatic heterocycles. The molecule has 0 fully saturated rings. The van der Waals surface area contributed by atoms with E-state index in [-0.39, 0.29) is 29.2 Å². The Balaban J connectivity index is 1.57. The number of benzene rings is 3. The highest BCUT2D eigenvalue weighted by molar-refractivity contribution is 5.96. The molecule has 0 aliphatic rings. The molecule has 11 heteroatoms. The summed E-state index contributed by atoms with van der Waals surface area (Å²) in [5, 5.41) is 11.0. The zero-order chi connectivity index (χ0) is 24.8. The minimum atomic E-state index is -0.829. The highest BCUT2D eigenvalue weighted by Crippen LogP contribution is 2.22. The van der Waals surface area contributed by atoms with Crippen LogP contribution in [0.1, 0.15) is 6.92 Å². The lowest BCUT2D eigenvalue weighted by Crippen LogP contribution is -2.32. The Morgan fingerprint density at radius 1 is 0.714 bits per heavy atom. The van der Waals surface area contributed by atoms with Crippen LogP contribution in [0.3, 0.4) is 0 Å². The van der Waals surface area contributed by atoms with Crippen molar-refractivity contribution in [3.8, 4) is 0 Å². The van der Waals surface area contributed by atoms with E-state index < -0.39 is 29.4 Å². The number of rotatable bonds is 8. The van der Waals surface area contributed by atoms with Crippen molar-refractivity contribution in [3.63, 3.8) is 0 Å². The molecule has 178 valence electrons. The zero-order valence-electron chi connectivity index (χ0n) is 18.4. The molecule has 1 aromatic heterocycles. The van der Waals surface area contributed by atoms with E-state index in [0.717, 1.165) is 0 Å². The maximum atomic E-state index is 14.1. The van der Waals surface area contributed by atoms with Crippen LogP contribution in [-0.2, 0) is 4.79 Å². The van der Waals surface area contributed by atoms with Crippen molar-refractivity contribution in [1.82, 2.24) is 15.0 Å². The van der Waals surface area contributed by atoms with Crippen molar-refractivity contribution < 1.29 is 18.0 Å². The van der Waals surface area contributed by atoms with E-state index in [1.807, 2.05) is 0 Å². The highest BCUT2D eigenvalue weighted by Gasteiger charge is 2.17. The number of para-hydroxylation sites is 2. The summed E-state index contributed by atoms with van der Waals surface area (Å²) in [7, 11) is 0. The summed E-state index contributed by atoms with van der Waals surface area (Å²) in [4.78, 5) is 25.2. The minimum absolute atomic E-state index is 0.0283. The lowest BCUT2D eigenvalue weighted by atomic mass is 10.2. The quantitative estimate of drug-likeness (QED) is 0.275. The second-order valence-electron chi connectivity index (χ2n) is 7.38. The molecule has 1 heterocycles. The first kappa shape index (κ1) is 23.5. The van der Waals surface area contributed by atoms with Crippen molar-refractivity contribution >= 4 is 40.8 Å². The van der Waals surface area contributed by atoms with E-state index in [4.69, 9.17) is 0 Å². The van der Waals surface area contributed by atoms with Gasteiger partial charge in [0.25, 0.3) is 0 Å². The van der Waals surface area contributed by atoms with Crippen LogP contribution in [0.4, 0.5) is 48.1 Å². The van der Waals surface area contributed by atoms with E-state index in [9.17, 15) is 18.0 Å². The van der Waals surface area contributed by atoms with Crippen LogP contribution in [0, 0.1) is 17.5 Å². The predicted octanol–water partition coefficient (Wildman–Crippen LogP) is 5.22. The van der Waals surface area contributed by atoms with Gasteiger partial charge in [0.05, 0.1) is 11.4 Å². The van der Waals surface area contributed by atoms with Gasteiger partial charge in [-0.15, -0.1) is 0 Å². The third-order valence-corrected chi connectivity index (χ3v) is 4.73. The van der Waals surface area contributed by atoms with Gasteiger partial charge in [-0.1, -0.05) is 24.3 Å². The molecule has 0 spiro atoms. The molecule has 4 rings (SSSR count). The van der Waals surface area contributed by atoms with Crippen LogP contribution in [-0.4, -0.2) is 26.9 Å². The van der Waals surface area contributed by atoms with Crippen LogP contribution in [0.15, 0.2) is 72.8 Å². The summed E-state index contributed by atoms with van der Waals surface area (Å²) in [6.07, 6.45) is 0. The number of amides is 1. The molecule has 3 aromatic carbocycles.